The first kappa shape index (κ1) is 39.1. The van der Waals surface area contributed by atoms with E-state index in [0.29, 0.717) is 0 Å². The van der Waals surface area contributed by atoms with Gasteiger partial charge in [-0.2, -0.15) is 0 Å². The topological polar surface area (TPSA) is 254 Å². The van der Waals surface area contributed by atoms with Crippen molar-refractivity contribution in [2.24, 2.45) is 0 Å². The van der Waals surface area contributed by atoms with Gasteiger partial charge in [0.1, 0.15) is 55.4 Å². The number of esters is 2. The quantitative estimate of drug-likeness (QED) is 0.0543. The van der Waals surface area contributed by atoms with E-state index in [-0.39, 0.29) is 19.8 Å². The number of carboxylic acid groups (broad SMARTS) is 1. The summed E-state index contributed by atoms with van der Waals surface area (Å²) < 4.78 is 59.6. The predicted molar refractivity (Wildman–Crippen MR) is 142 cm³/mol. The maximum atomic E-state index is 12.5. The summed E-state index contributed by atoms with van der Waals surface area (Å²) >= 11 is 0. The molecule has 0 spiro atoms. The molecule has 2 aliphatic heterocycles. The van der Waals surface area contributed by atoms with Crippen LogP contribution in [0.15, 0.2) is 0 Å². The summed E-state index contributed by atoms with van der Waals surface area (Å²) in [6, 6.07) is 0. The highest BCUT2D eigenvalue weighted by atomic mass is 16.8. The number of carbonyl (C=O) groups is 3. The first-order valence-electron chi connectivity index (χ1n) is 13.8. The van der Waals surface area contributed by atoms with Crippen molar-refractivity contribution in [3.05, 3.63) is 0 Å². The van der Waals surface area contributed by atoms with Crippen LogP contribution in [0, 0.1) is 0 Å². The molecule has 6 unspecified atom stereocenters. The van der Waals surface area contributed by atoms with Crippen LogP contribution in [0.5, 0.6) is 0 Å². The lowest BCUT2D eigenvalue weighted by Crippen LogP contribution is -2.66. The molecule has 2 heterocycles. The Labute approximate surface area is 259 Å². The van der Waals surface area contributed by atoms with Gasteiger partial charge in [-0.15, -0.1) is 0 Å². The number of ether oxygens (including phenoxy) is 11. The minimum Gasteiger partial charge on any atom is -0.479 e. The van der Waals surface area contributed by atoms with Gasteiger partial charge in [-0.25, -0.2) is 4.79 Å². The number of methoxy groups -OCH3 is 4. The van der Waals surface area contributed by atoms with Crippen molar-refractivity contribution in [3.8, 4) is 0 Å². The largest absolute Gasteiger partial charge is 0.479 e. The lowest BCUT2D eigenvalue weighted by atomic mass is 9.96. The number of hydrogen-bond acceptors (Lipinski definition) is 18. The number of carbonyl (C=O) groups excluding carboxylic acids is 2. The van der Waals surface area contributed by atoms with E-state index < -0.39 is 104 Å². The van der Waals surface area contributed by atoms with E-state index in [1.54, 1.807) is 0 Å². The van der Waals surface area contributed by atoms with Gasteiger partial charge in [-0.1, -0.05) is 0 Å². The van der Waals surface area contributed by atoms with Crippen LogP contribution in [-0.2, 0) is 66.5 Å². The molecule has 0 amide bonds. The smallest absolute Gasteiger partial charge is 0.335 e. The van der Waals surface area contributed by atoms with Crippen LogP contribution in [0.3, 0.4) is 0 Å². The van der Waals surface area contributed by atoms with E-state index in [1.807, 2.05) is 0 Å². The number of aliphatic hydroxyl groups is 4. The molecule has 0 bridgehead atoms. The van der Waals surface area contributed by atoms with E-state index in [1.165, 1.54) is 35.4 Å². The lowest BCUT2D eigenvalue weighted by molar-refractivity contribution is -0.368. The maximum absolute atomic E-state index is 12.5. The molecular formula is C26H44O19. The lowest BCUT2D eigenvalue weighted by Gasteiger charge is -2.48. The monoisotopic (exact) mass is 660 g/mol. The summed E-state index contributed by atoms with van der Waals surface area (Å²) in [7, 11) is 4.93. The molecule has 2 rings (SSSR count). The van der Waals surface area contributed by atoms with Crippen LogP contribution in [0.25, 0.3) is 0 Å². The van der Waals surface area contributed by atoms with Crippen molar-refractivity contribution in [2.75, 3.05) is 54.9 Å². The highest BCUT2D eigenvalue weighted by Gasteiger charge is 2.55. The summed E-state index contributed by atoms with van der Waals surface area (Å²) in [6.07, 6.45) is -19.9. The third kappa shape index (κ3) is 10.4. The van der Waals surface area contributed by atoms with Gasteiger partial charge in [0.2, 0.25) is 0 Å². The molecule has 2 fully saturated rings. The van der Waals surface area contributed by atoms with E-state index in [9.17, 15) is 39.9 Å². The number of aliphatic hydroxyl groups excluding tert-OH is 4. The summed E-state index contributed by atoms with van der Waals surface area (Å²) in [5, 5.41) is 52.2. The molecule has 45 heavy (non-hydrogen) atoms. The van der Waals surface area contributed by atoms with Gasteiger partial charge in [0.25, 0.3) is 0 Å². The second kappa shape index (κ2) is 18.9. The molecule has 0 aromatic heterocycles. The molecule has 19 heteroatoms. The number of rotatable bonds is 18. The Morgan fingerprint density at radius 1 is 0.822 bits per heavy atom. The van der Waals surface area contributed by atoms with Crippen LogP contribution >= 0.6 is 0 Å². The SMILES string of the molecule is COCC(OC(C)=O)C(O)[C@H](OCCOC(C)=O)O[C@H]1C(OC)C(OC)[C@H](O[C@@H]2C(CO)O[C@H](OC)[C@@H](O)C2O)O[C@H]1C(=O)O. The molecular weight excluding hydrogens is 616 g/mol. The third-order valence-electron chi connectivity index (χ3n) is 6.90. The maximum Gasteiger partial charge on any atom is 0.335 e. The molecule has 2 aliphatic rings. The predicted octanol–water partition coefficient (Wildman–Crippen LogP) is -3.47. The van der Waals surface area contributed by atoms with Crippen molar-refractivity contribution in [1.29, 1.82) is 0 Å². The Morgan fingerprint density at radius 3 is 2.00 bits per heavy atom. The van der Waals surface area contributed by atoms with E-state index in [0.717, 1.165) is 6.92 Å². The van der Waals surface area contributed by atoms with Crippen LogP contribution < -0.4 is 0 Å². The van der Waals surface area contributed by atoms with Crippen molar-refractivity contribution in [1.82, 2.24) is 0 Å². The molecule has 0 aromatic rings. The zero-order valence-electron chi connectivity index (χ0n) is 25.8. The Morgan fingerprint density at radius 2 is 1.49 bits per heavy atom. The molecule has 13 atom stereocenters. The zero-order valence-corrected chi connectivity index (χ0v) is 25.8. The summed E-state index contributed by atoms with van der Waals surface area (Å²) in [5.41, 5.74) is 0. The fourth-order valence-corrected chi connectivity index (χ4v) is 4.83. The Kier molecular flexibility index (Phi) is 16.4. The van der Waals surface area contributed by atoms with E-state index in [4.69, 9.17) is 52.1 Å². The molecule has 0 aliphatic carbocycles. The van der Waals surface area contributed by atoms with Gasteiger partial charge < -0.3 is 77.6 Å². The summed E-state index contributed by atoms with van der Waals surface area (Å²) in [6.45, 7) is 0.656. The molecule has 262 valence electrons. The van der Waals surface area contributed by atoms with Crippen LogP contribution in [0.4, 0.5) is 0 Å². The first-order chi connectivity index (χ1) is 21.3. The fourth-order valence-electron chi connectivity index (χ4n) is 4.83. The van der Waals surface area contributed by atoms with Gasteiger partial charge in [0.15, 0.2) is 31.1 Å². The number of carboxylic acids is 1. The van der Waals surface area contributed by atoms with E-state index >= 15 is 0 Å². The third-order valence-corrected chi connectivity index (χ3v) is 6.90. The first-order valence-corrected chi connectivity index (χ1v) is 13.8. The second-order valence-electron chi connectivity index (χ2n) is 9.98. The van der Waals surface area contributed by atoms with Gasteiger partial charge in [0, 0.05) is 42.3 Å². The van der Waals surface area contributed by atoms with Crippen LogP contribution in [0.2, 0.25) is 0 Å². The number of hydrogen-bond donors (Lipinski definition) is 5. The average molecular weight is 661 g/mol. The minimum absolute atomic E-state index is 0.272. The standard InChI is InChI=1S/C26H44O19/c1-11(28)39-7-8-40-25(15(30)14(10-35-3)41-12(2)29)44-20-19(36-4)22(37-5)26(45-21(20)23(33)34)43-18-13(9-27)42-24(38-6)17(32)16(18)31/h13-22,24-27,30-32H,7-10H2,1-6H3,(H,33,34)/t13?,14?,15?,16?,17-,18+,19?,20-,21+,22?,24-,25+,26+/m0/s1. The minimum atomic E-state index is -1.90. The molecule has 0 radical (unpaired) electrons. The molecule has 0 saturated carbocycles. The van der Waals surface area contributed by atoms with Crippen molar-refractivity contribution in [2.45, 2.75) is 93.8 Å². The van der Waals surface area contributed by atoms with Gasteiger partial charge in [0.05, 0.1) is 19.8 Å². The van der Waals surface area contributed by atoms with Crippen molar-refractivity contribution in [3.63, 3.8) is 0 Å². The summed E-state index contributed by atoms with van der Waals surface area (Å²) in [5.74, 6) is -2.97. The zero-order chi connectivity index (χ0) is 33.8. The van der Waals surface area contributed by atoms with Gasteiger partial charge in [-0.05, 0) is 0 Å². The van der Waals surface area contributed by atoms with Crippen molar-refractivity contribution >= 4 is 17.9 Å². The average Bonchev–Trinajstić information content (AvgIpc) is 2.99. The summed E-state index contributed by atoms with van der Waals surface area (Å²) in [4.78, 5) is 35.3. The van der Waals surface area contributed by atoms with Crippen molar-refractivity contribution < 1.29 is 92.0 Å². The molecule has 19 nitrogen and oxygen atoms in total. The second-order valence-corrected chi connectivity index (χ2v) is 9.98. The highest BCUT2D eigenvalue weighted by Crippen LogP contribution is 2.33. The van der Waals surface area contributed by atoms with Crippen LogP contribution in [0.1, 0.15) is 13.8 Å². The van der Waals surface area contributed by atoms with Crippen LogP contribution in [-0.4, -0.2) is 178 Å². The van der Waals surface area contributed by atoms with Gasteiger partial charge in [-0.3, -0.25) is 9.59 Å². The Balaban J connectivity index is 2.40. The molecule has 2 saturated heterocycles. The Hall–Kier alpha value is -2.11. The fraction of sp³-hybridized carbons (Fsp3) is 0.885. The highest BCUT2D eigenvalue weighted by molar-refractivity contribution is 5.73. The van der Waals surface area contributed by atoms with E-state index in [2.05, 4.69) is 0 Å². The Bertz CT molecular complexity index is 919. The van der Waals surface area contributed by atoms with Gasteiger partial charge >= 0.3 is 17.9 Å². The normalized spacial score (nSPS) is 34.0. The number of aliphatic carboxylic acids is 1. The molecule has 5 N–H and O–H groups in total. The molecule has 0 aromatic carbocycles.